The van der Waals surface area contributed by atoms with Gasteiger partial charge in [0.05, 0.1) is 6.20 Å². The Balaban J connectivity index is 2.16. The first kappa shape index (κ1) is 15.6. The fraction of sp³-hybridized carbons (Fsp3) is 0.188. The Morgan fingerprint density at radius 3 is 2.50 bits per heavy atom. The van der Waals surface area contributed by atoms with Gasteiger partial charge in [-0.2, -0.15) is 0 Å². The van der Waals surface area contributed by atoms with Crippen molar-refractivity contribution in [1.82, 2.24) is 10.3 Å². The van der Waals surface area contributed by atoms with Gasteiger partial charge >= 0.3 is 5.97 Å². The number of nitrogens with one attached hydrogen (secondary N) is 1. The predicted molar refractivity (Wildman–Crippen MR) is 78.6 cm³/mol. The van der Waals surface area contributed by atoms with E-state index in [0.717, 1.165) is 11.8 Å². The molecule has 0 fully saturated rings. The minimum absolute atomic E-state index is 0.161. The van der Waals surface area contributed by atoms with Crippen LogP contribution in [0.25, 0.3) is 11.1 Å². The third-order valence-corrected chi connectivity index (χ3v) is 3.15. The van der Waals surface area contributed by atoms with Gasteiger partial charge in [0.1, 0.15) is 11.9 Å². The van der Waals surface area contributed by atoms with Crippen molar-refractivity contribution in [2.75, 3.05) is 0 Å². The zero-order valence-corrected chi connectivity index (χ0v) is 11.9. The van der Waals surface area contributed by atoms with Crippen molar-refractivity contribution in [3.05, 3.63) is 54.1 Å². The fourth-order valence-corrected chi connectivity index (χ4v) is 2.11. The zero-order chi connectivity index (χ0) is 16.1. The molecule has 0 saturated carbocycles. The van der Waals surface area contributed by atoms with Gasteiger partial charge in [-0.25, -0.2) is 9.18 Å². The molecule has 0 spiro atoms. The number of carboxylic acids is 1. The van der Waals surface area contributed by atoms with E-state index < -0.39 is 23.7 Å². The minimum atomic E-state index is -1.10. The molecule has 0 aliphatic heterocycles. The van der Waals surface area contributed by atoms with Gasteiger partial charge in [0, 0.05) is 25.1 Å². The molecule has 114 valence electrons. The number of hydrogen-bond acceptors (Lipinski definition) is 3. The lowest BCUT2D eigenvalue weighted by atomic mass is 10.0. The summed E-state index contributed by atoms with van der Waals surface area (Å²) in [5.41, 5.74) is 1.84. The number of carbonyl (C=O) groups is 2. The number of carbonyl (C=O) groups excluding carboxylic acids is 1. The van der Waals surface area contributed by atoms with Gasteiger partial charge in [-0.1, -0.05) is 24.3 Å². The predicted octanol–water partition coefficient (Wildman–Crippen LogP) is 2.02. The van der Waals surface area contributed by atoms with E-state index in [0.29, 0.717) is 11.1 Å². The molecule has 0 saturated heterocycles. The lowest BCUT2D eigenvalue weighted by molar-refractivity contribution is -0.141. The van der Waals surface area contributed by atoms with Crippen molar-refractivity contribution in [2.45, 2.75) is 19.4 Å². The van der Waals surface area contributed by atoms with Gasteiger partial charge in [0.25, 0.3) is 0 Å². The van der Waals surface area contributed by atoms with Crippen LogP contribution in [0.2, 0.25) is 0 Å². The van der Waals surface area contributed by atoms with E-state index in [2.05, 4.69) is 10.3 Å². The molecule has 0 aliphatic rings. The average Bonchev–Trinajstić information content (AvgIpc) is 2.47. The van der Waals surface area contributed by atoms with Crippen molar-refractivity contribution < 1.29 is 19.1 Å². The van der Waals surface area contributed by atoms with E-state index in [1.54, 1.807) is 30.3 Å². The lowest BCUT2D eigenvalue weighted by Gasteiger charge is -2.13. The largest absolute Gasteiger partial charge is 0.480 e. The van der Waals surface area contributed by atoms with Crippen molar-refractivity contribution in [3.8, 4) is 11.1 Å². The van der Waals surface area contributed by atoms with Crippen LogP contribution in [0.15, 0.2) is 42.7 Å². The molecule has 0 unspecified atom stereocenters. The molecule has 0 radical (unpaired) electrons. The smallest absolute Gasteiger partial charge is 0.326 e. The molecule has 0 aliphatic carbocycles. The number of carboxylic acid groups (broad SMARTS) is 1. The van der Waals surface area contributed by atoms with Gasteiger partial charge in [-0.05, 0) is 17.2 Å². The SMILES string of the molecule is CC(=O)N[C@H](Cc1ccc(-c2ccncc2F)cc1)C(=O)O. The summed E-state index contributed by atoms with van der Waals surface area (Å²) >= 11 is 0. The maximum absolute atomic E-state index is 13.6. The first-order valence-corrected chi connectivity index (χ1v) is 6.66. The van der Waals surface area contributed by atoms with Gasteiger partial charge in [0.15, 0.2) is 0 Å². The number of benzene rings is 1. The molecule has 0 bridgehead atoms. The number of pyridine rings is 1. The fourth-order valence-electron chi connectivity index (χ4n) is 2.11. The molecule has 22 heavy (non-hydrogen) atoms. The molecule has 1 atom stereocenters. The molecular formula is C16H15FN2O3. The van der Waals surface area contributed by atoms with Crippen LogP contribution in [0.3, 0.4) is 0 Å². The highest BCUT2D eigenvalue weighted by molar-refractivity contribution is 5.82. The van der Waals surface area contributed by atoms with Crippen LogP contribution in [0.1, 0.15) is 12.5 Å². The van der Waals surface area contributed by atoms with E-state index in [-0.39, 0.29) is 6.42 Å². The average molecular weight is 302 g/mol. The Morgan fingerprint density at radius 1 is 1.27 bits per heavy atom. The molecule has 6 heteroatoms. The second-order valence-corrected chi connectivity index (χ2v) is 4.85. The number of aromatic nitrogens is 1. The molecule has 2 aromatic rings. The highest BCUT2D eigenvalue weighted by Crippen LogP contribution is 2.22. The Hall–Kier alpha value is -2.76. The number of aliphatic carboxylic acids is 1. The van der Waals surface area contributed by atoms with Crippen LogP contribution in [0, 0.1) is 5.82 Å². The van der Waals surface area contributed by atoms with Crippen LogP contribution in [-0.2, 0) is 16.0 Å². The number of hydrogen-bond donors (Lipinski definition) is 2. The first-order chi connectivity index (χ1) is 10.5. The maximum Gasteiger partial charge on any atom is 0.326 e. The summed E-state index contributed by atoms with van der Waals surface area (Å²) in [5, 5.41) is 11.5. The van der Waals surface area contributed by atoms with Crippen LogP contribution in [0.4, 0.5) is 4.39 Å². The molecule has 5 nitrogen and oxygen atoms in total. The summed E-state index contributed by atoms with van der Waals surface area (Å²) in [6, 6.07) is 7.43. The van der Waals surface area contributed by atoms with E-state index in [1.165, 1.54) is 13.1 Å². The van der Waals surface area contributed by atoms with Gasteiger partial charge < -0.3 is 10.4 Å². The highest BCUT2D eigenvalue weighted by atomic mass is 19.1. The van der Waals surface area contributed by atoms with Crippen molar-refractivity contribution >= 4 is 11.9 Å². The molecule has 1 heterocycles. The van der Waals surface area contributed by atoms with E-state index in [9.17, 15) is 14.0 Å². The van der Waals surface area contributed by atoms with Gasteiger partial charge in [-0.15, -0.1) is 0 Å². The molecule has 2 N–H and O–H groups in total. The van der Waals surface area contributed by atoms with Crippen LogP contribution < -0.4 is 5.32 Å². The summed E-state index contributed by atoms with van der Waals surface area (Å²) < 4.78 is 13.6. The number of rotatable bonds is 5. The van der Waals surface area contributed by atoms with Gasteiger partial charge in [0.2, 0.25) is 5.91 Å². The maximum atomic E-state index is 13.6. The van der Waals surface area contributed by atoms with E-state index in [1.807, 2.05) is 0 Å². The summed E-state index contributed by atoms with van der Waals surface area (Å²) in [4.78, 5) is 25.8. The Labute approximate surface area is 126 Å². The zero-order valence-electron chi connectivity index (χ0n) is 11.9. The molecule has 1 aromatic heterocycles. The van der Waals surface area contributed by atoms with Crippen molar-refractivity contribution in [2.24, 2.45) is 0 Å². The quantitative estimate of drug-likeness (QED) is 0.885. The summed E-state index contributed by atoms with van der Waals surface area (Å²) in [6.07, 6.45) is 2.80. The van der Waals surface area contributed by atoms with Crippen molar-refractivity contribution in [3.63, 3.8) is 0 Å². The Bertz CT molecular complexity index is 686. The van der Waals surface area contributed by atoms with Crippen LogP contribution >= 0.6 is 0 Å². The van der Waals surface area contributed by atoms with Crippen LogP contribution in [-0.4, -0.2) is 28.0 Å². The van der Waals surface area contributed by atoms with E-state index in [4.69, 9.17) is 5.11 Å². The number of halogens is 1. The third-order valence-electron chi connectivity index (χ3n) is 3.15. The highest BCUT2D eigenvalue weighted by Gasteiger charge is 2.18. The topological polar surface area (TPSA) is 79.3 Å². The third kappa shape index (κ3) is 3.88. The van der Waals surface area contributed by atoms with Crippen LogP contribution in [0.5, 0.6) is 0 Å². The molecule has 1 aromatic carbocycles. The minimum Gasteiger partial charge on any atom is -0.480 e. The normalized spacial score (nSPS) is 11.7. The summed E-state index contributed by atoms with van der Waals surface area (Å²) in [6.45, 7) is 1.27. The summed E-state index contributed by atoms with van der Waals surface area (Å²) in [7, 11) is 0. The Kier molecular flexibility index (Phi) is 4.83. The lowest BCUT2D eigenvalue weighted by Crippen LogP contribution is -2.41. The number of amides is 1. The molecule has 1 amide bonds. The molecular weight excluding hydrogens is 287 g/mol. The summed E-state index contributed by atoms with van der Waals surface area (Å²) in [5.74, 6) is -1.92. The second-order valence-electron chi connectivity index (χ2n) is 4.85. The Morgan fingerprint density at radius 2 is 1.95 bits per heavy atom. The molecule has 2 rings (SSSR count). The van der Waals surface area contributed by atoms with Gasteiger partial charge in [-0.3, -0.25) is 9.78 Å². The van der Waals surface area contributed by atoms with E-state index >= 15 is 0 Å². The first-order valence-electron chi connectivity index (χ1n) is 6.66. The van der Waals surface area contributed by atoms with Crippen molar-refractivity contribution in [1.29, 1.82) is 0 Å². The number of nitrogens with zero attached hydrogens (tertiary/aromatic N) is 1. The second kappa shape index (κ2) is 6.80. The standard InChI is InChI=1S/C16H15FN2O3/c1-10(20)19-15(16(21)22)8-11-2-4-12(5-3-11)13-6-7-18-9-14(13)17/h2-7,9,15H,8H2,1H3,(H,19,20)(H,21,22)/t15-/m1/s1. The monoisotopic (exact) mass is 302 g/mol.